The number of carboxylic acids is 1. The highest BCUT2D eigenvalue weighted by atomic mass is 16.4. The van der Waals surface area contributed by atoms with Gasteiger partial charge >= 0.3 is 12.0 Å². The van der Waals surface area contributed by atoms with Crippen molar-refractivity contribution in [2.45, 2.75) is 45.2 Å². The number of hydrogen-bond acceptors (Lipinski definition) is 4. The van der Waals surface area contributed by atoms with Crippen molar-refractivity contribution in [2.75, 3.05) is 0 Å². The molecule has 0 saturated heterocycles. The van der Waals surface area contributed by atoms with Gasteiger partial charge in [0.1, 0.15) is 12.1 Å². The van der Waals surface area contributed by atoms with Crippen molar-refractivity contribution in [3.05, 3.63) is 0 Å². The number of carbonyl (C=O) groups is 4. The molecule has 21 heavy (non-hydrogen) atoms. The Morgan fingerprint density at radius 2 is 1.71 bits per heavy atom. The van der Waals surface area contributed by atoms with Gasteiger partial charge in [-0.05, 0) is 12.3 Å². The summed E-state index contributed by atoms with van der Waals surface area (Å²) in [5.41, 5.74) is 9.95. The Hall–Kier alpha value is -2.32. The van der Waals surface area contributed by atoms with Gasteiger partial charge in [0, 0.05) is 6.42 Å². The Labute approximate surface area is 122 Å². The van der Waals surface area contributed by atoms with E-state index < -0.39 is 35.9 Å². The lowest BCUT2D eigenvalue weighted by Gasteiger charge is -2.24. The summed E-state index contributed by atoms with van der Waals surface area (Å²) in [6.07, 6.45) is 0.284. The minimum absolute atomic E-state index is 0.125. The molecule has 0 spiro atoms. The van der Waals surface area contributed by atoms with E-state index in [9.17, 15) is 19.2 Å². The molecular formula is C12H22N4O5. The van der Waals surface area contributed by atoms with Crippen LogP contribution in [0.25, 0.3) is 0 Å². The van der Waals surface area contributed by atoms with Crippen molar-refractivity contribution >= 4 is 23.8 Å². The van der Waals surface area contributed by atoms with Gasteiger partial charge in [-0.3, -0.25) is 9.59 Å². The first-order valence-corrected chi connectivity index (χ1v) is 6.56. The van der Waals surface area contributed by atoms with E-state index in [0.717, 1.165) is 0 Å². The van der Waals surface area contributed by atoms with E-state index in [2.05, 4.69) is 10.6 Å². The van der Waals surface area contributed by atoms with Crippen LogP contribution in [0.1, 0.15) is 33.1 Å². The highest BCUT2D eigenvalue weighted by molar-refractivity contribution is 5.90. The third kappa shape index (κ3) is 7.14. The van der Waals surface area contributed by atoms with Crippen LogP contribution < -0.4 is 22.1 Å². The SMILES string of the molecule is CCC(C)C(NC(N)=O)C(=O)N[C@@H](CCC(N)=O)C(=O)O. The average Bonchev–Trinajstić information content (AvgIpc) is 2.38. The predicted molar refractivity (Wildman–Crippen MR) is 74.0 cm³/mol. The molecule has 9 heteroatoms. The van der Waals surface area contributed by atoms with Crippen LogP contribution in [-0.2, 0) is 14.4 Å². The summed E-state index contributed by atoms with van der Waals surface area (Å²) in [6.45, 7) is 3.54. The van der Waals surface area contributed by atoms with E-state index in [1.54, 1.807) is 6.92 Å². The van der Waals surface area contributed by atoms with E-state index in [1.807, 2.05) is 6.92 Å². The van der Waals surface area contributed by atoms with Crippen LogP contribution in [-0.4, -0.2) is 41.0 Å². The molecule has 0 heterocycles. The molecule has 0 rings (SSSR count). The first-order valence-electron chi connectivity index (χ1n) is 6.56. The molecule has 0 bridgehead atoms. The van der Waals surface area contributed by atoms with Gasteiger partial charge in [0.05, 0.1) is 0 Å². The highest BCUT2D eigenvalue weighted by Crippen LogP contribution is 2.09. The monoisotopic (exact) mass is 302 g/mol. The van der Waals surface area contributed by atoms with Gasteiger partial charge < -0.3 is 27.2 Å². The summed E-state index contributed by atoms with van der Waals surface area (Å²) in [7, 11) is 0. The van der Waals surface area contributed by atoms with Crippen LogP contribution in [0.5, 0.6) is 0 Å². The summed E-state index contributed by atoms with van der Waals surface area (Å²) >= 11 is 0. The molecule has 0 aromatic rings. The molecule has 7 N–H and O–H groups in total. The van der Waals surface area contributed by atoms with E-state index in [-0.39, 0.29) is 18.8 Å². The van der Waals surface area contributed by atoms with Crippen molar-refractivity contribution in [3.63, 3.8) is 0 Å². The highest BCUT2D eigenvalue weighted by Gasteiger charge is 2.29. The molecule has 0 aliphatic heterocycles. The Bertz CT molecular complexity index is 412. The zero-order valence-electron chi connectivity index (χ0n) is 12.1. The molecule has 120 valence electrons. The van der Waals surface area contributed by atoms with Gasteiger partial charge in [0.25, 0.3) is 0 Å². The molecule has 0 radical (unpaired) electrons. The minimum atomic E-state index is -1.29. The molecule has 0 aromatic heterocycles. The third-order valence-corrected chi connectivity index (χ3v) is 3.09. The number of nitrogens with one attached hydrogen (secondary N) is 2. The van der Waals surface area contributed by atoms with E-state index in [4.69, 9.17) is 16.6 Å². The Morgan fingerprint density at radius 1 is 1.14 bits per heavy atom. The zero-order chi connectivity index (χ0) is 16.6. The third-order valence-electron chi connectivity index (χ3n) is 3.09. The molecule has 3 atom stereocenters. The molecule has 2 unspecified atom stereocenters. The molecule has 0 aliphatic carbocycles. The van der Waals surface area contributed by atoms with Crippen LogP contribution in [0.4, 0.5) is 4.79 Å². The molecule has 9 nitrogen and oxygen atoms in total. The summed E-state index contributed by atoms with van der Waals surface area (Å²) in [5, 5.41) is 13.6. The Balaban J connectivity index is 4.85. The second-order valence-corrected chi connectivity index (χ2v) is 4.78. The number of rotatable bonds is 9. The second kappa shape index (κ2) is 8.77. The van der Waals surface area contributed by atoms with Gasteiger partial charge in [-0.15, -0.1) is 0 Å². The number of carboxylic acid groups (broad SMARTS) is 1. The first kappa shape index (κ1) is 18.7. The van der Waals surface area contributed by atoms with E-state index in [1.165, 1.54) is 0 Å². The molecule has 4 amide bonds. The molecule has 0 fully saturated rings. The maximum Gasteiger partial charge on any atom is 0.326 e. The summed E-state index contributed by atoms with van der Waals surface area (Å²) in [4.78, 5) is 44.7. The Morgan fingerprint density at radius 3 is 2.10 bits per heavy atom. The number of nitrogens with two attached hydrogens (primary N) is 2. The van der Waals surface area contributed by atoms with Gasteiger partial charge in [-0.25, -0.2) is 9.59 Å². The average molecular weight is 302 g/mol. The fraction of sp³-hybridized carbons (Fsp3) is 0.667. The number of aliphatic carboxylic acids is 1. The normalized spacial score (nSPS) is 14.6. The second-order valence-electron chi connectivity index (χ2n) is 4.78. The number of amides is 4. The molecule has 0 saturated carbocycles. The van der Waals surface area contributed by atoms with Gasteiger partial charge in [-0.1, -0.05) is 20.3 Å². The lowest BCUT2D eigenvalue weighted by molar-refractivity contribution is -0.142. The summed E-state index contributed by atoms with van der Waals surface area (Å²) < 4.78 is 0. The van der Waals surface area contributed by atoms with Crippen molar-refractivity contribution in [1.29, 1.82) is 0 Å². The smallest absolute Gasteiger partial charge is 0.326 e. The summed E-state index contributed by atoms with van der Waals surface area (Å²) in [6, 6.07) is -3.08. The van der Waals surface area contributed by atoms with Gasteiger partial charge in [0.2, 0.25) is 11.8 Å². The number of carbonyl (C=O) groups excluding carboxylic acids is 3. The quantitative estimate of drug-likeness (QED) is 0.364. The molecular weight excluding hydrogens is 280 g/mol. The van der Waals surface area contributed by atoms with Crippen LogP contribution in [0, 0.1) is 5.92 Å². The molecule has 0 aliphatic rings. The van der Waals surface area contributed by atoms with Gasteiger partial charge in [0.15, 0.2) is 0 Å². The van der Waals surface area contributed by atoms with Crippen molar-refractivity contribution in [3.8, 4) is 0 Å². The fourth-order valence-electron chi connectivity index (χ4n) is 1.66. The van der Waals surface area contributed by atoms with Crippen molar-refractivity contribution in [1.82, 2.24) is 10.6 Å². The fourth-order valence-corrected chi connectivity index (χ4v) is 1.66. The standard InChI is InChI=1S/C12H22N4O5/c1-3-6(2)9(16-12(14)21)10(18)15-7(11(19)20)4-5-8(13)17/h6-7,9H,3-5H2,1-2H3,(H2,13,17)(H,15,18)(H,19,20)(H3,14,16,21)/t6?,7-,9?/m0/s1. The number of hydrogen-bond donors (Lipinski definition) is 5. The maximum atomic E-state index is 12.1. The number of urea groups is 1. The first-order chi connectivity index (χ1) is 9.68. The minimum Gasteiger partial charge on any atom is -0.480 e. The molecule has 0 aromatic carbocycles. The predicted octanol–water partition coefficient (Wildman–Crippen LogP) is -1.10. The van der Waals surface area contributed by atoms with E-state index >= 15 is 0 Å². The number of primary amides is 2. The Kier molecular flexibility index (Phi) is 7.80. The van der Waals surface area contributed by atoms with Crippen LogP contribution in [0.2, 0.25) is 0 Å². The van der Waals surface area contributed by atoms with Crippen molar-refractivity contribution < 1.29 is 24.3 Å². The van der Waals surface area contributed by atoms with Crippen LogP contribution in [0.15, 0.2) is 0 Å². The van der Waals surface area contributed by atoms with Crippen molar-refractivity contribution in [2.24, 2.45) is 17.4 Å². The van der Waals surface area contributed by atoms with E-state index in [0.29, 0.717) is 6.42 Å². The lowest BCUT2D eigenvalue weighted by atomic mass is 9.98. The van der Waals surface area contributed by atoms with Crippen LogP contribution >= 0.6 is 0 Å². The maximum absolute atomic E-state index is 12.1. The van der Waals surface area contributed by atoms with Crippen LogP contribution in [0.3, 0.4) is 0 Å². The topological polar surface area (TPSA) is 165 Å². The summed E-state index contributed by atoms with van der Waals surface area (Å²) in [5.74, 6) is -2.85. The lowest BCUT2D eigenvalue weighted by Crippen LogP contribution is -2.55. The van der Waals surface area contributed by atoms with Gasteiger partial charge in [-0.2, -0.15) is 0 Å². The zero-order valence-corrected chi connectivity index (χ0v) is 12.1. The largest absolute Gasteiger partial charge is 0.480 e.